The SMILES string of the molecule is Nc1c(Cc2ccccc2)c(C(F)(F)F)nc2ncnn12. The number of nitrogens with two attached hydrogens (primary N) is 1. The van der Waals surface area contributed by atoms with Crippen molar-refractivity contribution in [3.63, 3.8) is 0 Å². The van der Waals surface area contributed by atoms with Crippen molar-refractivity contribution >= 4 is 11.6 Å². The Bertz CT molecular complexity index is 780. The van der Waals surface area contributed by atoms with E-state index in [0.29, 0.717) is 5.56 Å². The van der Waals surface area contributed by atoms with Gasteiger partial charge in [-0.1, -0.05) is 30.3 Å². The zero-order chi connectivity index (χ0) is 15.0. The number of aromatic nitrogens is 4. The van der Waals surface area contributed by atoms with E-state index in [1.807, 2.05) is 0 Å². The highest BCUT2D eigenvalue weighted by atomic mass is 19.4. The lowest BCUT2D eigenvalue weighted by Crippen LogP contribution is -2.17. The molecule has 8 heteroatoms. The molecule has 2 heterocycles. The lowest BCUT2D eigenvalue weighted by molar-refractivity contribution is -0.141. The van der Waals surface area contributed by atoms with Gasteiger partial charge in [0.15, 0.2) is 5.69 Å². The van der Waals surface area contributed by atoms with E-state index < -0.39 is 11.9 Å². The Morgan fingerprint density at radius 2 is 1.86 bits per heavy atom. The predicted octanol–water partition coefficient (Wildman–Crippen LogP) is 2.32. The maximum absolute atomic E-state index is 13.2. The Hall–Kier alpha value is -2.64. The van der Waals surface area contributed by atoms with Crippen LogP contribution in [0.2, 0.25) is 0 Å². The van der Waals surface area contributed by atoms with E-state index in [4.69, 9.17) is 5.73 Å². The molecule has 5 nitrogen and oxygen atoms in total. The molecule has 0 saturated heterocycles. The first kappa shape index (κ1) is 13.3. The topological polar surface area (TPSA) is 69.1 Å². The minimum atomic E-state index is -4.61. The number of halogens is 3. The van der Waals surface area contributed by atoms with E-state index in [1.54, 1.807) is 30.3 Å². The largest absolute Gasteiger partial charge is 0.433 e. The monoisotopic (exact) mass is 293 g/mol. The van der Waals surface area contributed by atoms with Crippen LogP contribution >= 0.6 is 0 Å². The molecule has 3 rings (SSSR count). The van der Waals surface area contributed by atoms with Gasteiger partial charge in [-0.05, 0) is 5.56 Å². The number of nitrogen functional groups attached to an aromatic ring is 1. The highest BCUT2D eigenvalue weighted by Crippen LogP contribution is 2.34. The molecule has 0 fully saturated rings. The molecule has 21 heavy (non-hydrogen) atoms. The standard InChI is InChI=1S/C13H10F3N5/c14-13(15,16)10-9(6-8-4-2-1-3-5-8)11(17)21-12(20-10)18-7-19-21/h1-5,7H,6,17H2. The molecule has 2 aromatic heterocycles. The van der Waals surface area contributed by atoms with Crippen molar-refractivity contribution in [2.75, 3.05) is 5.73 Å². The van der Waals surface area contributed by atoms with E-state index in [2.05, 4.69) is 15.1 Å². The smallest absolute Gasteiger partial charge is 0.383 e. The molecule has 0 aliphatic rings. The van der Waals surface area contributed by atoms with Crippen LogP contribution in [0.25, 0.3) is 5.78 Å². The molecular formula is C13H10F3N5. The quantitative estimate of drug-likeness (QED) is 0.787. The van der Waals surface area contributed by atoms with Gasteiger partial charge in [0.1, 0.15) is 12.1 Å². The van der Waals surface area contributed by atoms with Crippen LogP contribution < -0.4 is 5.73 Å². The number of alkyl halides is 3. The predicted molar refractivity (Wildman–Crippen MR) is 69.4 cm³/mol. The van der Waals surface area contributed by atoms with Gasteiger partial charge in [-0.15, -0.1) is 0 Å². The van der Waals surface area contributed by atoms with Crippen molar-refractivity contribution in [2.24, 2.45) is 0 Å². The minimum Gasteiger partial charge on any atom is -0.383 e. The first-order chi connectivity index (χ1) is 9.97. The zero-order valence-electron chi connectivity index (χ0n) is 10.7. The Kier molecular flexibility index (Phi) is 3.00. The van der Waals surface area contributed by atoms with Crippen LogP contribution in [-0.2, 0) is 12.6 Å². The lowest BCUT2D eigenvalue weighted by atomic mass is 10.0. The summed E-state index contributed by atoms with van der Waals surface area (Å²) in [4.78, 5) is 7.21. The third-order valence-electron chi connectivity index (χ3n) is 3.06. The fourth-order valence-electron chi connectivity index (χ4n) is 2.11. The number of anilines is 1. The van der Waals surface area contributed by atoms with Crippen LogP contribution in [-0.4, -0.2) is 19.6 Å². The molecule has 0 spiro atoms. The first-order valence-electron chi connectivity index (χ1n) is 6.06. The number of hydrogen-bond donors (Lipinski definition) is 1. The Balaban J connectivity index is 2.21. The number of nitrogens with zero attached hydrogens (tertiary/aromatic N) is 4. The molecule has 0 amide bonds. The fourth-order valence-corrected chi connectivity index (χ4v) is 2.11. The van der Waals surface area contributed by atoms with Crippen molar-refractivity contribution in [1.29, 1.82) is 0 Å². The van der Waals surface area contributed by atoms with Crippen LogP contribution in [0.1, 0.15) is 16.8 Å². The molecule has 0 aliphatic heterocycles. The van der Waals surface area contributed by atoms with Gasteiger partial charge in [0, 0.05) is 12.0 Å². The van der Waals surface area contributed by atoms with Crippen LogP contribution in [0.4, 0.5) is 19.0 Å². The van der Waals surface area contributed by atoms with E-state index in [9.17, 15) is 13.2 Å². The summed E-state index contributed by atoms with van der Waals surface area (Å²) < 4.78 is 40.7. The number of fused-ring (bicyclic) bond motifs is 1. The first-order valence-corrected chi connectivity index (χ1v) is 6.06. The number of rotatable bonds is 2. The fraction of sp³-hybridized carbons (Fsp3) is 0.154. The summed E-state index contributed by atoms with van der Waals surface area (Å²) in [6.07, 6.45) is -3.47. The van der Waals surface area contributed by atoms with Crippen molar-refractivity contribution in [1.82, 2.24) is 19.6 Å². The summed E-state index contributed by atoms with van der Waals surface area (Å²) in [6, 6.07) is 8.74. The van der Waals surface area contributed by atoms with Crippen LogP contribution in [0.15, 0.2) is 36.7 Å². The van der Waals surface area contributed by atoms with Crippen LogP contribution in [0, 0.1) is 0 Å². The van der Waals surface area contributed by atoms with Crippen molar-refractivity contribution in [3.05, 3.63) is 53.5 Å². The molecule has 1 aromatic carbocycles. The summed E-state index contributed by atoms with van der Waals surface area (Å²) >= 11 is 0. The van der Waals surface area contributed by atoms with Gasteiger partial charge in [-0.25, -0.2) is 4.98 Å². The molecule has 0 radical (unpaired) electrons. The Labute approximate surface area is 117 Å². The van der Waals surface area contributed by atoms with Gasteiger partial charge in [0.05, 0.1) is 0 Å². The molecular weight excluding hydrogens is 283 g/mol. The second kappa shape index (κ2) is 4.72. The van der Waals surface area contributed by atoms with Gasteiger partial charge in [0.25, 0.3) is 5.78 Å². The molecule has 0 atom stereocenters. The van der Waals surface area contributed by atoms with E-state index >= 15 is 0 Å². The van der Waals surface area contributed by atoms with Crippen molar-refractivity contribution < 1.29 is 13.2 Å². The summed E-state index contributed by atoms with van der Waals surface area (Å²) in [6.45, 7) is 0. The van der Waals surface area contributed by atoms with E-state index in [0.717, 1.165) is 10.8 Å². The van der Waals surface area contributed by atoms with Crippen LogP contribution in [0.3, 0.4) is 0 Å². The molecule has 2 N–H and O–H groups in total. The number of benzene rings is 1. The normalized spacial score (nSPS) is 12.0. The summed E-state index contributed by atoms with van der Waals surface area (Å²) in [5, 5.41) is 3.79. The summed E-state index contributed by atoms with van der Waals surface area (Å²) in [7, 11) is 0. The Morgan fingerprint density at radius 3 is 2.52 bits per heavy atom. The molecule has 0 aliphatic carbocycles. The second-order valence-corrected chi connectivity index (χ2v) is 4.46. The summed E-state index contributed by atoms with van der Waals surface area (Å²) in [5.74, 6) is -0.273. The number of hydrogen-bond acceptors (Lipinski definition) is 4. The Morgan fingerprint density at radius 1 is 1.14 bits per heavy atom. The average molecular weight is 293 g/mol. The maximum Gasteiger partial charge on any atom is 0.433 e. The highest BCUT2D eigenvalue weighted by Gasteiger charge is 2.37. The molecule has 0 bridgehead atoms. The highest BCUT2D eigenvalue weighted by molar-refractivity contribution is 5.52. The van der Waals surface area contributed by atoms with Crippen molar-refractivity contribution in [2.45, 2.75) is 12.6 Å². The second-order valence-electron chi connectivity index (χ2n) is 4.46. The van der Waals surface area contributed by atoms with Gasteiger partial charge < -0.3 is 5.73 Å². The molecule has 0 unspecified atom stereocenters. The van der Waals surface area contributed by atoms with E-state index in [-0.39, 0.29) is 23.6 Å². The van der Waals surface area contributed by atoms with Gasteiger partial charge >= 0.3 is 6.18 Å². The van der Waals surface area contributed by atoms with Crippen molar-refractivity contribution in [3.8, 4) is 0 Å². The molecule has 3 aromatic rings. The third-order valence-corrected chi connectivity index (χ3v) is 3.06. The van der Waals surface area contributed by atoms with Crippen LogP contribution in [0.5, 0.6) is 0 Å². The van der Waals surface area contributed by atoms with Gasteiger partial charge in [-0.2, -0.15) is 27.8 Å². The average Bonchev–Trinajstić information content (AvgIpc) is 2.90. The molecule has 108 valence electrons. The minimum absolute atomic E-state index is 0.0182. The third kappa shape index (κ3) is 2.39. The summed E-state index contributed by atoms with van der Waals surface area (Å²) in [5.41, 5.74) is 5.41. The van der Waals surface area contributed by atoms with Gasteiger partial charge in [-0.3, -0.25) is 0 Å². The molecule has 0 saturated carbocycles. The zero-order valence-corrected chi connectivity index (χ0v) is 10.7. The van der Waals surface area contributed by atoms with Gasteiger partial charge in [0.2, 0.25) is 0 Å². The maximum atomic E-state index is 13.2. The van der Waals surface area contributed by atoms with E-state index in [1.165, 1.54) is 0 Å². The lowest BCUT2D eigenvalue weighted by Gasteiger charge is -2.14.